The van der Waals surface area contributed by atoms with Gasteiger partial charge in [0.05, 0.1) is 22.9 Å². The van der Waals surface area contributed by atoms with Crippen LogP contribution in [0.4, 0.5) is 0 Å². The molecule has 1 N–H and O–H groups in total. The number of phenolic OH excluding ortho intramolecular Hbond substituents is 1. The highest BCUT2D eigenvalue weighted by Gasteiger charge is 2.20. The Kier molecular flexibility index (Phi) is 9.49. The van der Waals surface area contributed by atoms with E-state index in [4.69, 9.17) is 21.2 Å². The van der Waals surface area contributed by atoms with E-state index in [-0.39, 0.29) is 41.9 Å². The van der Waals surface area contributed by atoms with Gasteiger partial charge in [0.1, 0.15) is 5.75 Å². The first-order valence-corrected chi connectivity index (χ1v) is 12.1. The maximum Gasteiger partial charge on any atom is 0.338 e. The van der Waals surface area contributed by atoms with Gasteiger partial charge in [-0.3, -0.25) is 4.79 Å². The van der Waals surface area contributed by atoms with E-state index in [2.05, 4.69) is 5.16 Å². The predicted molar refractivity (Wildman–Crippen MR) is 127 cm³/mol. The Morgan fingerprint density at radius 2 is 1.94 bits per heavy atom. The zero-order chi connectivity index (χ0) is 22.8. The van der Waals surface area contributed by atoms with Gasteiger partial charge in [0.15, 0.2) is 6.61 Å². The summed E-state index contributed by atoms with van der Waals surface area (Å²) in [5.74, 6) is 1.09. The molecule has 0 bridgehead atoms. The van der Waals surface area contributed by atoms with E-state index < -0.39 is 5.97 Å². The second-order valence-electron chi connectivity index (χ2n) is 7.33. The number of ether oxygens (including phenoxy) is 1. The molecule has 0 aliphatic carbocycles. The van der Waals surface area contributed by atoms with Crippen LogP contribution in [0, 0.1) is 0 Å². The van der Waals surface area contributed by atoms with E-state index in [9.17, 15) is 14.7 Å². The smallest absolute Gasteiger partial charge is 0.338 e. The summed E-state index contributed by atoms with van der Waals surface area (Å²) in [4.78, 5) is 32.1. The fourth-order valence-electron chi connectivity index (χ4n) is 3.30. The van der Waals surface area contributed by atoms with Gasteiger partial charge in [0, 0.05) is 31.0 Å². The number of esters is 1. The number of hydrogen-bond acceptors (Lipinski definition) is 7. The lowest BCUT2D eigenvalue weighted by Gasteiger charge is -2.25. The third-order valence-electron chi connectivity index (χ3n) is 5.03. The van der Waals surface area contributed by atoms with Gasteiger partial charge >= 0.3 is 5.97 Å². The Hall–Kier alpha value is -2.45. The highest BCUT2D eigenvalue weighted by Crippen LogP contribution is 2.31. The average molecular weight is 479 g/mol. The van der Waals surface area contributed by atoms with Crippen molar-refractivity contribution in [1.29, 1.82) is 0 Å². The molecule has 1 aromatic rings. The fourth-order valence-corrected chi connectivity index (χ4v) is 4.43. The molecule has 0 radical (unpaired) electrons. The lowest BCUT2D eigenvalue weighted by Crippen LogP contribution is -2.39. The molecular formula is C23H27ClN2O5S. The Balaban J connectivity index is 1.81. The molecule has 0 atom stereocenters. The zero-order valence-electron chi connectivity index (χ0n) is 17.8. The average Bonchev–Trinajstić information content (AvgIpc) is 2.80. The van der Waals surface area contributed by atoms with Gasteiger partial charge in [-0.15, -0.1) is 0 Å². The Morgan fingerprint density at radius 1 is 1.19 bits per heavy atom. The van der Waals surface area contributed by atoms with E-state index in [1.54, 1.807) is 11.0 Å². The van der Waals surface area contributed by atoms with E-state index >= 15 is 0 Å². The molecule has 3 rings (SSSR count). The quantitative estimate of drug-likeness (QED) is 0.401. The number of cyclic esters (lactones) is 1. The third-order valence-corrected chi connectivity index (χ3v) is 6.39. The van der Waals surface area contributed by atoms with E-state index in [0.717, 1.165) is 24.3 Å². The number of benzene rings is 1. The van der Waals surface area contributed by atoms with Gasteiger partial charge < -0.3 is 19.6 Å². The molecular weight excluding hydrogens is 452 g/mol. The normalized spacial score (nSPS) is 21.2. The zero-order valence-corrected chi connectivity index (χ0v) is 19.4. The first kappa shape index (κ1) is 24.2. The molecule has 0 spiro atoms. The number of allylic oxidation sites excluding steroid dienone is 3. The summed E-state index contributed by atoms with van der Waals surface area (Å²) in [5.41, 5.74) is 1.14. The van der Waals surface area contributed by atoms with Crippen molar-refractivity contribution in [2.24, 2.45) is 5.16 Å². The maximum atomic E-state index is 12.6. The molecule has 32 heavy (non-hydrogen) atoms. The standard InChI is InChI=1S/C23H27ClN2O5S/c24-22-19-15-17(25-31-16-21(28)26-10-13-32-14-11-26)7-5-3-1-2-4-6-12-30-23(29)18(19)8-9-20(22)27/h2,4-5,7-9,27H,1,3,6,10-16H2/b4-2+,7-5+,25-17+. The van der Waals surface area contributed by atoms with Crippen LogP contribution < -0.4 is 0 Å². The molecule has 0 saturated carbocycles. The summed E-state index contributed by atoms with van der Waals surface area (Å²) in [6.07, 6.45) is 10.1. The van der Waals surface area contributed by atoms with Crippen molar-refractivity contribution >= 4 is 41.0 Å². The highest BCUT2D eigenvalue weighted by molar-refractivity contribution is 7.99. The van der Waals surface area contributed by atoms with Gasteiger partial charge in [-0.1, -0.05) is 35.0 Å². The van der Waals surface area contributed by atoms with Crippen LogP contribution in [0.3, 0.4) is 0 Å². The number of amides is 1. The summed E-state index contributed by atoms with van der Waals surface area (Å²) in [6.45, 7) is 1.51. The number of oxime groups is 1. The van der Waals surface area contributed by atoms with Crippen LogP contribution >= 0.6 is 23.4 Å². The van der Waals surface area contributed by atoms with Crippen molar-refractivity contribution in [2.75, 3.05) is 37.8 Å². The Labute approximate surface area is 197 Å². The van der Waals surface area contributed by atoms with Crippen molar-refractivity contribution in [3.63, 3.8) is 0 Å². The summed E-state index contributed by atoms with van der Waals surface area (Å²) in [7, 11) is 0. The SMILES string of the molecule is O=C1OCC/C=C/CC/C=C/C(=N\OCC(=O)N2CCSCC2)Cc2c1ccc(O)c2Cl. The first-order chi connectivity index (χ1) is 15.6. The molecule has 2 aliphatic rings. The minimum absolute atomic E-state index is 0.0643. The molecule has 9 heteroatoms. The second kappa shape index (κ2) is 12.6. The minimum Gasteiger partial charge on any atom is -0.506 e. The molecule has 2 heterocycles. The lowest BCUT2D eigenvalue weighted by atomic mass is 10.0. The van der Waals surface area contributed by atoms with Gasteiger partial charge in [0.25, 0.3) is 5.91 Å². The fraction of sp³-hybridized carbons (Fsp3) is 0.435. The molecule has 0 aromatic heterocycles. The van der Waals surface area contributed by atoms with Crippen molar-refractivity contribution < 1.29 is 24.3 Å². The number of nitrogens with zero attached hydrogens (tertiary/aromatic N) is 2. The van der Waals surface area contributed by atoms with Gasteiger partial charge in [-0.2, -0.15) is 11.8 Å². The topological polar surface area (TPSA) is 88.4 Å². The van der Waals surface area contributed by atoms with Crippen LogP contribution in [0.5, 0.6) is 5.75 Å². The highest BCUT2D eigenvalue weighted by atomic mass is 35.5. The number of hydrogen-bond donors (Lipinski definition) is 1. The lowest BCUT2D eigenvalue weighted by molar-refractivity contribution is -0.135. The first-order valence-electron chi connectivity index (χ1n) is 10.6. The number of thioether (sulfide) groups is 1. The molecule has 172 valence electrons. The predicted octanol–water partition coefficient (Wildman–Crippen LogP) is 3.99. The molecule has 7 nitrogen and oxygen atoms in total. The summed E-state index contributed by atoms with van der Waals surface area (Å²) >= 11 is 8.15. The monoisotopic (exact) mass is 478 g/mol. The molecule has 2 aliphatic heterocycles. The van der Waals surface area contributed by atoms with Crippen molar-refractivity contribution in [2.45, 2.75) is 25.7 Å². The van der Waals surface area contributed by atoms with E-state index in [0.29, 0.717) is 30.8 Å². The maximum absolute atomic E-state index is 12.6. The van der Waals surface area contributed by atoms with Gasteiger partial charge in [-0.05, 0) is 43.0 Å². The van der Waals surface area contributed by atoms with Crippen LogP contribution in [-0.4, -0.2) is 65.4 Å². The van der Waals surface area contributed by atoms with Crippen LogP contribution in [-0.2, 0) is 20.8 Å². The summed E-state index contributed by atoms with van der Waals surface area (Å²) in [6, 6.07) is 2.85. The number of fused-ring (bicyclic) bond motifs is 1. The van der Waals surface area contributed by atoms with Crippen LogP contribution in [0.2, 0.25) is 5.02 Å². The number of phenols is 1. The van der Waals surface area contributed by atoms with Crippen molar-refractivity contribution in [3.8, 4) is 5.75 Å². The Morgan fingerprint density at radius 3 is 2.75 bits per heavy atom. The van der Waals surface area contributed by atoms with E-state index in [1.807, 2.05) is 30.0 Å². The summed E-state index contributed by atoms with van der Waals surface area (Å²) in [5, 5.41) is 14.3. The molecule has 1 amide bonds. The Bertz CT molecular complexity index is 910. The van der Waals surface area contributed by atoms with E-state index in [1.165, 1.54) is 12.1 Å². The largest absolute Gasteiger partial charge is 0.506 e. The third kappa shape index (κ3) is 7.03. The van der Waals surface area contributed by atoms with Crippen LogP contribution in [0.15, 0.2) is 41.6 Å². The number of carbonyl (C=O) groups excluding carboxylic acids is 2. The van der Waals surface area contributed by atoms with Crippen LogP contribution in [0.1, 0.15) is 35.2 Å². The van der Waals surface area contributed by atoms with Gasteiger partial charge in [-0.25, -0.2) is 4.79 Å². The van der Waals surface area contributed by atoms with Crippen LogP contribution in [0.25, 0.3) is 0 Å². The number of carbonyl (C=O) groups is 2. The molecule has 0 unspecified atom stereocenters. The summed E-state index contributed by atoms with van der Waals surface area (Å²) < 4.78 is 5.35. The van der Waals surface area contributed by atoms with Crippen molar-refractivity contribution in [3.05, 3.63) is 52.6 Å². The molecule has 1 aromatic carbocycles. The van der Waals surface area contributed by atoms with Crippen molar-refractivity contribution in [1.82, 2.24) is 4.90 Å². The number of aromatic hydroxyl groups is 1. The minimum atomic E-state index is -0.519. The molecule has 1 fully saturated rings. The number of halogens is 1. The van der Waals surface area contributed by atoms with Gasteiger partial charge in [0.2, 0.25) is 0 Å². The molecule has 1 saturated heterocycles. The second-order valence-corrected chi connectivity index (χ2v) is 8.93. The number of rotatable bonds is 3.